The van der Waals surface area contributed by atoms with E-state index in [-0.39, 0.29) is 22.6 Å². The second kappa shape index (κ2) is 7.62. The summed E-state index contributed by atoms with van der Waals surface area (Å²) in [6.45, 7) is 4.23. The van der Waals surface area contributed by atoms with Gasteiger partial charge >= 0.3 is 0 Å². The smallest absolute Gasteiger partial charge is 0.293 e. The van der Waals surface area contributed by atoms with Gasteiger partial charge in [-0.1, -0.05) is 29.8 Å². The maximum absolute atomic E-state index is 13.2. The van der Waals surface area contributed by atoms with Crippen LogP contribution in [0.4, 0.5) is 11.4 Å². The van der Waals surface area contributed by atoms with Gasteiger partial charge in [-0.2, -0.15) is 0 Å². The minimum absolute atomic E-state index is 0.0267. The Labute approximate surface area is 164 Å². The Hall–Kier alpha value is -2.89. The number of carbonyl (C=O) groups is 1. The van der Waals surface area contributed by atoms with E-state index < -0.39 is 0 Å². The van der Waals surface area contributed by atoms with Crippen LogP contribution in [0.25, 0.3) is 0 Å². The Balaban J connectivity index is 1.60. The Morgan fingerprint density at radius 1 is 1.14 bits per heavy atom. The number of hydrogen-bond acceptors (Lipinski definition) is 4. The van der Waals surface area contributed by atoms with Gasteiger partial charge in [0.2, 0.25) is 0 Å². The van der Waals surface area contributed by atoms with Gasteiger partial charge in [-0.15, -0.1) is 0 Å². The van der Waals surface area contributed by atoms with Crippen LogP contribution in [0.3, 0.4) is 0 Å². The third kappa shape index (κ3) is 3.86. The van der Waals surface area contributed by atoms with Crippen LogP contribution in [0.2, 0.25) is 0 Å². The Bertz CT molecular complexity index is 884. The molecule has 0 spiro atoms. The van der Waals surface area contributed by atoms with Gasteiger partial charge < -0.3 is 9.80 Å². The molecule has 0 atom stereocenters. The van der Waals surface area contributed by atoms with Gasteiger partial charge in [0.15, 0.2) is 0 Å². The van der Waals surface area contributed by atoms with E-state index in [0.29, 0.717) is 17.8 Å². The van der Waals surface area contributed by atoms with Crippen molar-refractivity contribution in [2.24, 2.45) is 0 Å². The normalized spacial score (nSPS) is 16.2. The first-order valence-electron chi connectivity index (χ1n) is 9.93. The summed E-state index contributed by atoms with van der Waals surface area (Å²) < 4.78 is 0. The predicted octanol–water partition coefficient (Wildman–Crippen LogP) is 4.31. The molecule has 0 N–H and O–H groups in total. The molecular weight excluding hydrogens is 354 g/mol. The fraction of sp³-hybridized carbons (Fsp3) is 0.409. The summed E-state index contributed by atoms with van der Waals surface area (Å²) in [7, 11) is 0. The molecule has 2 aliphatic rings. The molecule has 0 bridgehead atoms. The van der Waals surface area contributed by atoms with Crippen LogP contribution < -0.4 is 4.90 Å². The van der Waals surface area contributed by atoms with E-state index in [0.717, 1.165) is 44.3 Å². The molecule has 1 saturated heterocycles. The van der Waals surface area contributed by atoms with Crippen LogP contribution in [0.1, 0.15) is 47.2 Å². The highest BCUT2D eigenvalue weighted by Crippen LogP contribution is 2.34. The zero-order chi connectivity index (χ0) is 19.7. The van der Waals surface area contributed by atoms with E-state index >= 15 is 0 Å². The minimum atomic E-state index is -0.369. The van der Waals surface area contributed by atoms with Gasteiger partial charge in [0, 0.05) is 37.3 Å². The van der Waals surface area contributed by atoms with Crippen LogP contribution in [-0.2, 0) is 6.54 Å². The average molecular weight is 379 g/mol. The zero-order valence-electron chi connectivity index (χ0n) is 16.1. The van der Waals surface area contributed by atoms with Crippen LogP contribution in [0, 0.1) is 17.0 Å². The van der Waals surface area contributed by atoms with Crippen molar-refractivity contribution in [3.8, 4) is 0 Å². The van der Waals surface area contributed by atoms with Crippen LogP contribution in [-0.4, -0.2) is 34.9 Å². The van der Waals surface area contributed by atoms with E-state index in [1.54, 1.807) is 12.1 Å². The number of nitrogens with zero attached hydrogens (tertiary/aromatic N) is 3. The van der Waals surface area contributed by atoms with Crippen LogP contribution in [0.15, 0.2) is 42.5 Å². The highest BCUT2D eigenvalue weighted by Gasteiger charge is 2.34. The summed E-state index contributed by atoms with van der Waals surface area (Å²) in [6.07, 6.45) is 4.07. The number of benzene rings is 2. The summed E-state index contributed by atoms with van der Waals surface area (Å²) >= 11 is 0. The molecule has 6 heteroatoms. The van der Waals surface area contributed by atoms with Crippen molar-refractivity contribution in [1.29, 1.82) is 0 Å². The summed E-state index contributed by atoms with van der Waals surface area (Å²) in [4.78, 5) is 28.4. The third-order valence-electron chi connectivity index (χ3n) is 5.59. The van der Waals surface area contributed by atoms with Gasteiger partial charge in [-0.25, -0.2) is 0 Å². The minimum Gasteiger partial charge on any atom is -0.366 e. The van der Waals surface area contributed by atoms with Crippen molar-refractivity contribution in [3.63, 3.8) is 0 Å². The number of hydrogen-bond donors (Lipinski definition) is 0. The SMILES string of the molecule is Cc1ccc(CN(C(=O)c2ccc(N3CCCC3)c([N+](=O)[O-])c2)C2CC2)cc1. The molecule has 146 valence electrons. The van der Waals surface area contributed by atoms with E-state index in [9.17, 15) is 14.9 Å². The molecule has 1 amide bonds. The van der Waals surface area contributed by atoms with E-state index in [1.165, 1.54) is 11.6 Å². The van der Waals surface area contributed by atoms with Crippen molar-refractivity contribution < 1.29 is 9.72 Å². The topological polar surface area (TPSA) is 66.7 Å². The molecule has 0 radical (unpaired) electrons. The van der Waals surface area contributed by atoms with E-state index in [1.807, 2.05) is 41.0 Å². The molecule has 2 fully saturated rings. The van der Waals surface area contributed by atoms with Crippen molar-refractivity contribution in [2.45, 2.75) is 45.2 Å². The van der Waals surface area contributed by atoms with E-state index in [2.05, 4.69) is 0 Å². The summed E-state index contributed by atoms with van der Waals surface area (Å²) in [5, 5.41) is 11.6. The highest BCUT2D eigenvalue weighted by molar-refractivity contribution is 5.96. The van der Waals surface area contributed by atoms with Crippen molar-refractivity contribution in [1.82, 2.24) is 4.90 Å². The molecule has 2 aromatic carbocycles. The zero-order valence-corrected chi connectivity index (χ0v) is 16.1. The number of aryl methyl sites for hydroxylation is 1. The molecule has 0 aromatic heterocycles. The molecule has 1 aliphatic heterocycles. The predicted molar refractivity (Wildman–Crippen MR) is 109 cm³/mol. The number of anilines is 1. The summed E-state index contributed by atoms with van der Waals surface area (Å²) in [5.74, 6) is -0.126. The second-order valence-corrected chi connectivity index (χ2v) is 7.80. The summed E-state index contributed by atoms with van der Waals surface area (Å²) in [5.41, 5.74) is 3.30. The third-order valence-corrected chi connectivity index (χ3v) is 5.59. The lowest BCUT2D eigenvalue weighted by Crippen LogP contribution is -2.32. The number of amides is 1. The summed E-state index contributed by atoms with van der Waals surface area (Å²) in [6, 6.07) is 13.3. The monoisotopic (exact) mass is 379 g/mol. The lowest BCUT2D eigenvalue weighted by molar-refractivity contribution is -0.384. The van der Waals surface area contributed by atoms with Crippen LogP contribution >= 0.6 is 0 Å². The van der Waals surface area contributed by atoms with Gasteiger partial charge in [0.1, 0.15) is 5.69 Å². The molecule has 0 unspecified atom stereocenters. The van der Waals surface area contributed by atoms with Gasteiger partial charge in [-0.05, 0) is 50.3 Å². The van der Waals surface area contributed by atoms with Gasteiger partial charge in [0.05, 0.1) is 4.92 Å². The quantitative estimate of drug-likeness (QED) is 0.554. The van der Waals surface area contributed by atoms with Crippen molar-refractivity contribution >= 4 is 17.3 Å². The molecule has 1 saturated carbocycles. The molecule has 28 heavy (non-hydrogen) atoms. The van der Waals surface area contributed by atoms with Crippen LogP contribution in [0.5, 0.6) is 0 Å². The van der Waals surface area contributed by atoms with Crippen molar-refractivity contribution in [2.75, 3.05) is 18.0 Å². The lowest BCUT2D eigenvalue weighted by atomic mass is 10.1. The Morgan fingerprint density at radius 2 is 1.82 bits per heavy atom. The standard InChI is InChI=1S/C22H25N3O3/c1-16-4-6-17(7-5-16)15-24(19-9-10-19)22(26)18-8-11-20(21(14-18)25(27)28)23-12-2-3-13-23/h4-8,11,14,19H,2-3,9-10,12-13,15H2,1H3. The number of nitro benzene ring substituents is 1. The second-order valence-electron chi connectivity index (χ2n) is 7.80. The Morgan fingerprint density at radius 3 is 2.43 bits per heavy atom. The molecule has 2 aromatic rings. The van der Waals surface area contributed by atoms with E-state index in [4.69, 9.17) is 0 Å². The average Bonchev–Trinajstić information content (AvgIpc) is 3.39. The maximum atomic E-state index is 13.2. The molecule has 1 heterocycles. The fourth-order valence-corrected chi connectivity index (χ4v) is 3.84. The first-order chi connectivity index (χ1) is 13.5. The molecule has 4 rings (SSSR count). The largest absolute Gasteiger partial charge is 0.366 e. The van der Waals surface area contributed by atoms with Gasteiger partial charge in [-0.3, -0.25) is 14.9 Å². The fourth-order valence-electron chi connectivity index (χ4n) is 3.84. The lowest BCUT2D eigenvalue weighted by Gasteiger charge is -2.23. The Kier molecular flexibility index (Phi) is 5.03. The van der Waals surface area contributed by atoms with Crippen molar-refractivity contribution in [3.05, 3.63) is 69.3 Å². The number of carbonyl (C=O) groups excluding carboxylic acids is 1. The first-order valence-corrected chi connectivity index (χ1v) is 9.93. The first kappa shape index (κ1) is 18.5. The molecule has 1 aliphatic carbocycles. The number of nitro groups is 1. The molecule has 6 nitrogen and oxygen atoms in total. The number of rotatable bonds is 6. The maximum Gasteiger partial charge on any atom is 0.293 e. The highest BCUT2D eigenvalue weighted by atomic mass is 16.6. The van der Waals surface area contributed by atoms with Gasteiger partial charge in [0.25, 0.3) is 11.6 Å². The molecular formula is C22H25N3O3.